The fourth-order valence-electron chi connectivity index (χ4n) is 10.3. The molecule has 0 heterocycles. The van der Waals surface area contributed by atoms with Gasteiger partial charge in [-0.25, -0.2) is 0 Å². The van der Waals surface area contributed by atoms with Gasteiger partial charge in [-0.1, -0.05) is 314 Å². The number of unbranched alkanes of at least 4 members (excludes halogenated alkanes) is 47. The van der Waals surface area contributed by atoms with Gasteiger partial charge in [-0.2, -0.15) is 0 Å². The highest BCUT2D eigenvalue weighted by Gasteiger charge is 2.18. The highest BCUT2D eigenvalue weighted by atomic mass is 16.5. The second kappa shape index (κ2) is 63.6. The van der Waals surface area contributed by atoms with E-state index in [4.69, 9.17) is 4.74 Å². The van der Waals surface area contributed by atoms with Crippen molar-refractivity contribution in [1.82, 2.24) is 5.32 Å². The van der Waals surface area contributed by atoms with E-state index in [0.29, 0.717) is 19.4 Å². The van der Waals surface area contributed by atoms with E-state index in [-0.39, 0.29) is 18.5 Å². The minimum atomic E-state index is -0.857. The SMILES string of the molecule is CCCCCCCCCCCCCCCCCCCCCCCCC/C=C/C(O)C(CO)NC(=O)CCCCCCCCC/C=C\C/C=C\CCCCCOC(=O)CCCCCCCCCCCCCCCCC. The summed E-state index contributed by atoms with van der Waals surface area (Å²) in [6.45, 7) is 4.89. The summed E-state index contributed by atoms with van der Waals surface area (Å²) in [5, 5.41) is 23.2. The van der Waals surface area contributed by atoms with Crippen LogP contribution in [0, 0.1) is 0 Å². The van der Waals surface area contributed by atoms with Crippen LogP contribution in [0.4, 0.5) is 0 Å². The van der Waals surface area contributed by atoms with Crippen molar-refractivity contribution in [2.75, 3.05) is 13.2 Å². The van der Waals surface area contributed by atoms with E-state index in [1.54, 1.807) is 6.08 Å². The van der Waals surface area contributed by atoms with Gasteiger partial charge in [-0.15, -0.1) is 0 Å². The molecule has 0 bridgehead atoms. The number of aliphatic hydroxyl groups is 2. The van der Waals surface area contributed by atoms with Crippen molar-refractivity contribution < 1.29 is 24.5 Å². The first-order valence-corrected chi connectivity index (χ1v) is 33.3. The smallest absolute Gasteiger partial charge is 0.305 e. The first kappa shape index (κ1) is 72.1. The molecule has 6 nitrogen and oxygen atoms in total. The number of allylic oxidation sites excluding steroid dienone is 5. The molecular formula is C68H129NO5. The number of carbonyl (C=O) groups excluding carboxylic acids is 2. The van der Waals surface area contributed by atoms with E-state index in [0.717, 1.165) is 83.5 Å². The van der Waals surface area contributed by atoms with Crippen LogP contribution in [0.25, 0.3) is 0 Å². The summed E-state index contributed by atoms with van der Waals surface area (Å²) in [7, 11) is 0. The summed E-state index contributed by atoms with van der Waals surface area (Å²) < 4.78 is 5.46. The number of esters is 1. The monoisotopic (exact) mass is 1040 g/mol. The number of rotatable bonds is 62. The molecule has 436 valence electrons. The van der Waals surface area contributed by atoms with E-state index in [2.05, 4.69) is 43.5 Å². The molecule has 0 saturated carbocycles. The lowest BCUT2D eigenvalue weighted by Gasteiger charge is -2.20. The third-order valence-corrected chi connectivity index (χ3v) is 15.4. The lowest BCUT2D eigenvalue weighted by Crippen LogP contribution is -2.45. The normalized spacial score (nSPS) is 12.8. The van der Waals surface area contributed by atoms with Crippen LogP contribution in [0.2, 0.25) is 0 Å². The molecule has 0 aromatic rings. The van der Waals surface area contributed by atoms with Crippen LogP contribution in [0.1, 0.15) is 361 Å². The van der Waals surface area contributed by atoms with Gasteiger partial charge in [-0.05, 0) is 70.6 Å². The maximum Gasteiger partial charge on any atom is 0.305 e. The van der Waals surface area contributed by atoms with Crippen molar-refractivity contribution >= 4 is 11.9 Å². The van der Waals surface area contributed by atoms with Gasteiger partial charge >= 0.3 is 5.97 Å². The Morgan fingerprint density at radius 3 is 1.03 bits per heavy atom. The second-order valence-corrected chi connectivity index (χ2v) is 22.8. The zero-order valence-corrected chi connectivity index (χ0v) is 49.8. The Balaban J connectivity index is 3.50. The van der Waals surface area contributed by atoms with Gasteiger partial charge in [-0.3, -0.25) is 9.59 Å². The topological polar surface area (TPSA) is 95.9 Å². The van der Waals surface area contributed by atoms with Gasteiger partial charge in [0, 0.05) is 12.8 Å². The number of nitrogens with one attached hydrogen (secondary N) is 1. The van der Waals surface area contributed by atoms with E-state index in [1.807, 2.05) is 6.08 Å². The van der Waals surface area contributed by atoms with Crippen LogP contribution in [-0.2, 0) is 14.3 Å². The van der Waals surface area contributed by atoms with Gasteiger partial charge in [0.15, 0.2) is 0 Å². The maximum absolute atomic E-state index is 12.5. The van der Waals surface area contributed by atoms with Gasteiger partial charge in [0.05, 0.1) is 25.4 Å². The van der Waals surface area contributed by atoms with Crippen molar-refractivity contribution in [1.29, 1.82) is 0 Å². The predicted octanol–water partition coefficient (Wildman–Crippen LogP) is 21.1. The molecule has 2 unspecified atom stereocenters. The van der Waals surface area contributed by atoms with Crippen LogP contribution in [0.15, 0.2) is 36.5 Å². The Morgan fingerprint density at radius 1 is 0.378 bits per heavy atom. The third-order valence-electron chi connectivity index (χ3n) is 15.4. The summed E-state index contributed by atoms with van der Waals surface area (Å²) in [6, 6.07) is -0.642. The molecule has 0 aliphatic carbocycles. The first-order valence-electron chi connectivity index (χ1n) is 33.3. The molecule has 0 radical (unpaired) electrons. The van der Waals surface area contributed by atoms with E-state index < -0.39 is 12.1 Å². The minimum absolute atomic E-state index is 0.0129. The molecular weight excluding hydrogens is 911 g/mol. The average molecular weight is 1040 g/mol. The lowest BCUT2D eigenvalue weighted by atomic mass is 10.0. The predicted molar refractivity (Wildman–Crippen MR) is 324 cm³/mol. The number of amides is 1. The molecule has 0 spiro atoms. The first-order chi connectivity index (χ1) is 36.5. The van der Waals surface area contributed by atoms with Crippen LogP contribution in [-0.4, -0.2) is 47.4 Å². The fraction of sp³-hybridized carbons (Fsp3) is 0.882. The Hall–Kier alpha value is -1.92. The largest absolute Gasteiger partial charge is 0.466 e. The molecule has 74 heavy (non-hydrogen) atoms. The summed E-state index contributed by atoms with van der Waals surface area (Å²) in [6.07, 6.45) is 80.6. The molecule has 0 aliphatic rings. The molecule has 6 heteroatoms. The van der Waals surface area contributed by atoms with E-state index in [1.165, 1.54) is 250 Å². The number of aliphatic hydroxyl groups excluding tert-OH is 2. The van der Waals surface area contributed by atoms with Crippen molar-refractivity contribution in [3.8, 4) is 0 Å². The average Bonchev–Trinajstić information content (AvgIpc) is 3.40. The van der Waals surface area contributed by atoms with E-state index >= 15 is 0 Å². The molecule has 0 fully saturated rings. The zero-order chi connectivity index (χ0) is 53.6. The molecule has 2 atom stereocenters. The Morgan fingerprint density at radius 2 is 0.676 bits per heavy atom. The molecule has 0 aromatic heterocycles. The maximum atomic E-state index is 12.5. The van der Waals surface area contributed by atoms with Crippen LogP contribution >= 0.6 is 0 Å². The quantitative estimate of drug-likeness (QED) is 0.0320. The molecule has 1 amide bonds. The fourth-order valence-corrected chi connectivity index (χ4v) is 10.3. The van der Waals surface area contributed by atoms with Crippen molar-refractivity contribution in [2.24, 2.45) is 0 Å². The number of hydrogen-bond donors (Lipinski definition) is 3. The van der Waals surface area contributed by atoms with Crippen LogP contribution < -0.4 is 5.32 Å². The van der Waals surface area contributed by atoms with Gasteiger partial charge in [0.2, 0.25) is 5.91 Å². The minimum Gasteiger partial charge on any atom is -0.466 e. The Bertz CT molecular complexity index is 1200. The highest BCUT2D eigenvalue weighted by molar-refractivity contribution is 5.76. The summed E-state index contributed by atoms with van der Waals surface area (Å²) >= 11 is 0. The molecule has 0 saturated heterocycles. The Labute approximate surface area is 462 Å². The molecule has 0 aromatic carbocycles. The third kappa shape index (κ3) is 59.3. The van der Waals surface area contributed by atoms with Crippen LogP contribution in [0.3, 0.4) is 0 Å². The van der Waals surface area contributed by atoms with E-state index in [9.17, 15) is 19.8 Å². The molecule has 0 rings (SSSR count). The number of ether oxygens (including phenoxy) is 1. The highest BCUT2D eigenvalue weighted by Crippen LogP contribution is 2.18. The summed E-state index contributed by atoms with van der Waals surface area (Å²) in [5.41, 5.74) is 0. The van der Waals surface area contributed by atoms with Crippen LogP contribution in [0.5, 0.6) is 0 Å². The lowest BCUT2D eigenvalue weighted by molar-refractivity contribution is -0.143. The Kier molecular flexibility index (Phi) is 62.0. The van der Waals surface area contributed by atoms with Crippen molar-refractivity contribution in [3.63, 3.8) is 0 Å². The van der Waals surface area contributed by atoms with Crippen molar-refractivity contribution in [3.05, 3.63) is 36.5 Å². The number of hydrogen-bond acceptors (Lipinski definition) is 5. The zero-order valence-electron chi connectivity index (χ0n) is 49.8. The van der Waals surface area contributed by atoms with Crippen molar-refractivity contribution in [2.45, 2.75) is 373 Å². The second-order valence-electron chi connectivity index (χ2n) is 22.8. The standard InChI is InChI=1S/C68H129NO5/c1-3-5-7-9-11-13-15-17-19-20-21-22-23-24-25-26-27-29-33-36-40-44-48-52-56-60-66(71)65(64-70)69-67(72)61-57-53-49-45-41-37-34-30-28-31-35-39-43-47-51-55-59-63-74-68(73)62-58-54-50-46-42-38-32-18-16-14-12-10-8-6-4-2/h28,31,39,43,56,60,65-66,70-71H,3-27,29-30,32-38,40-42,44-55,57-59,61-64H2,1-2H3,(H,69,72)/b31-28-,43-39-,60-56+. The van der Waals surface area contributed by atoms with Gasteiger partial charge in [0.25, 0.3) is 0 Å². The summed E-state index contributed by atoms with van der Waals surface area (Å²) in [4.78, 5) is 24.6. The number of carbonyl (C=O) groups is 2. The van der Waals surface area contributed by atoms with Gasteiger partial charge < -0.3 is 20.3 Å². The molecule has 3 N–H and O–H groups in total. The molecule has 0 aliphatic heterocycles. The van der Waals surface area contributed by atoms with Gasteiger partial charge in [0.1, 0.15) is 0 Å². The summed E-state index contributed by atoms with van der Waals surface area (Å²) in [5.74, 6) is -0.0935.